The second-order valence-electron chi connectivity index (χ2n) is 5.71. The van der Waals surface area contributed by atoms with Gasteiger partial charge in [-0.3, -0.25) is 4.90 Å². The Morgan fingerprint density at radius 3 is 2.42 bits per heavy atom. The molecule has 4 heteroatoms. The molecule has 106 valence electrons. The van der Waals surface area contributed by atoms with Crippen molar-refractivity contribution < 1.29 is 10.2 Å². The highest BCUT2D eigenvalue weighted by molar-refractivity contribution is 5.38. The summed E-state index contributed by atoms with van der Waals surface area (Å²) in [5.41, 5.74) is 0.969. The number of hydrogen-bond donors (Lipinski definition) is 2. The zero-order chi connectivity index (χ0) is 14.0. The number of phenolic OH excluding ortho intramolecular Hbond substituents is 2. The van der Waals surface area contributed by atoms with Crippen LogP contribution in [-0.4, -0.2) is 53.2 Å². The molecular weight excluding hydrogens is 240 g/mol. The summed E-state index contributed by atoms with van der Waals surface area (Å²) in [6, 6.07) is 5.64. The molecule has 2 atom stereocenters. The van der Waals surface area contributed by atoms with E-state index in [1.807, 2.05) is 0 Å². The average molecular weight is 264 g/mol. The molecule has 1 saturated heterocycles. The number of rotatable bonds is 3. The van der Waals surface area contributed by atoms with Gasteiger partial charge in [-0.05, 0) is 58.1 Å². The van der Waals surface area contributed by atoms with Crippen molar-refractivity contribution in [3.63, 3.8) is 0 Å². The first-order chi connectivity index (χ1) is 8.97. The molecular formula is C15H24N2O2. The maximum atomic E-state index is 9.59. The number of likely N-dealkylation sites (tertiary alicyclic amines) is 1. The van der Waals surface area contributed by atoms with Gasteiger partial charge in [-0.15, -0.1) is 0 Å². The van der Waals surface area contributed by atoms with Gasteiger partial charge in [0.2, 0.25) is 0 Å². The van der Waals surface area contributed by atoms with E-state index in [-0.39, 0.29) is 17.5 Å². The predicted molar refractivity (Wildman–Crippen MR) is 76.5 cm³/mol. The lowest BCUT2D eigenvalue weighted by molar-refractivity contribution is 0.102. The number of aromatic hydroxyl groups is 2. The largest absolute Gasteiger partial charge is 0.508 e. The van der Waals surface area contributed by atoms with E-state index >= 15 is 0 Å². The first kappa shape index (κ1) is 14.2. The summed E-state index contributed by atoms with van der Waals surface area (Å²) < 4.78 is 0. The molecule has 1 aliphatic heterocycles. The first-order valence-electron chi connectivity index (χ1n) is 6.91. The minimum absolute atomic E-state index is 0.128. The van der Waals surface area contributed by atoms with Crippen LogP contribution in [0.3, 0.4) is 0 Å². The zero-order valence-corrected chi connectivity index (χ0v) is 12.0. The van der Waals surface area contributed by atoms with Crippen LogP contribution in [-0.2, 0) is 0 Å². The fraction of sp³-hybridized carbons (Fsp3) is 0.600. The highest BCUT2D eigenvalue weighted by Crippen LogP contribution is 2.30. The van der Waals surface area contributed by atoms with Gasteiger partial charge in [0.25, 0.3) is 0 Å². The van der Waals surface area contributed by atoms with E-state index in [1.165, 1.54) is 18.9 Å². The quantitative estimate of drug-likeness (QED) is 0.878. The monoisotopic (exact) mass is 264 g/mol. The summed E-state index contributed by atoms with van der Waals surface area (Å²) in [6.07, 6.45) is 2.43. The SMILES string of the molecule is CC(c1cc(O)cc(O)c1)N1CCCC(N(C)C)C1. The van der Waals surface area contributed by atoms with Crippen molar-refractivity contribution in [2.24, 2.45) is 0 Å². The molecule has 1 aromatic carbocycles. The van der Waals surface area contributed by atoms with E-state index < -0.39 is 0 Å². The van der Waals surface area contributed by atoms with Gasteiger partial charge < -0.3 is 15.1 Å². The van der Waals surface area contributed by atoms with E-state index in [1.54, 1.807) is 12.1 Å². The molecule has 2 rings (SSSR count). The Hall–Kier alpha value is -1.26. The summed E-state index contributed by atoms with van der Waals surface area (Å²) >= 11 is 0. The van der Waals surface area contributed by atoms with Gasteiger partial charge in [-0.2, -0.15) is 0 Å². The Bertz CT molecular complexity index is 414. The van der Waals surface area contributed by atoms with Gasteiger partial charge in [0.05, 0.1) is 0 Å². The second-order valence-corrected chi connectivity index (χ2v) is 5.71. The summed E-state index contributed by atoms with van der Waals surface area (Å²) in [5.74, 6) is 0.256. The number of piperidine rings is 1. The zero-order valence-electron chi connectivity index (χ0n) is 12.0. The lowest BCUT2D eigenvalue weighted by Crippen LogP contribution is -2.45. The van der Waals surface area contributed by atoms with Crippen molar-refractivity contribution in [3.8, 4) is 11.5 Å². The lowest BCUT2D eigenvalue weighted by atomic mass is 9.99. The van der Waals surface area contributed by atoms with Crippen LogP contribution >= 0.6 is 0 Å². The Labute approximate surface area is 115 Å². The third-order valence-corrected chi connectivity index (χ3v) is 4.11. The maximum absolute atomic E-state index is 9.59. The van der Waals surface area contributed by atoms with Gasteiger partial charge in [-0.1, -0.05) is 0 Å². The molecule has 0 aliphatic carbocycles. The molecule has 1 fully saturated rings. The van der Waals surface area contributed by atoms with Crippen LogP contribution in [0.2, 0.25) is 0 Å². The third kappa shape index (κ3) is 3.39. The first-order valence-corrected chi connectivity index (χ1v) is 6.91. The highest BCUT2D eigenvalue weighted by atomic mass is 16.3. The molecule has 2 N–H and O–H groups in total. The fourth-order valence-corrected chi connectivity index (χ4v) is 2.83. The molecule has 0 amide bonds. The highest BCUT2D eigenvalue weighted by Gasteiger charge is 2.25. The number of hydrogen-bond acceptors (Lipinski definition) is 4. The summed E-state index contributed by atoms with van der Waals surface area (Å²) in [5, 5.41) is 19.2. The molecule has 0 aromatic heterocycles. The minimum atomic E-state index is 0.128. The Kier molecular flexibility index (Phi) is 4.32. The van der Waals surface area contributed by atoms with Crippen molar-refractivity contribution >= 4 is 0 Å². The van der Waals surface area contributed by atoms with Crippen LogP contribution in [0.5, 0.6) is 11.5 Å². The van der Waals surface area contributed by atoms with E-state index in [9.17, 15) is 10.2 Å². The molecule has 19 heavy (non-hydrogen) atoms. The van der Waals surface area contributed by atoms with Crippen LogP contribution in [0.4, 0.5) is 0 Å². The molecule has 4 nitrogen and oxygen atoms in total. The normalized spacial score (nSPS) is 22.6. The van der Waals surface area contributed by atoms with Crippen molar-refractivity contribution in [2.75, 3.05) is 27.2 Å². The molecule has 0 saturated carbocycles. The van der Waals surface area contributed by atoms with Crippen molar-refractivity contribution in [1.29, 1.82) is 0 Å². The lowest BCUT2D eigenvalue weighted by Gasteiger charge is -2.39. The van der Waals surface area contributed by atoms with Crippen LogP contribution in [0, 0.1) is 0 Å². The molecule has 0 bridgehead atoms. The van der Waals surface area contributed by atoms with Gasteiger partial charge in [0.1, 0.15) is 11.5 Å². The van der Waals surface area contributed by atoms with Gasteiger partial charge >= 0.3 is 0 Å². The molecule has 0 spiro atoms. The van der Waals surface area contributed by atoms with E-state index in [4.69, 9.17) is 0 Å². The molecule has 2 unspecified atom stereocenters. The summed E-state index contributed by atoms with van der Waals surface area (Å²) in [4.78, 5) is 4.70. The van der Waals surface area contributed by atoms with Crippen molar-refractivity contribution in [1.82, 2.24) is 9.80 Å². The van der Waals surface area contributed by atoms with Crippen LogP contribution in [0.25, 0.3) is 0 Å². The molecule has 1 heterocycles. The second kappa shape index (κ2) is 5.80. The van der Waals surface area contributed by atoms with Crippen molar-refractivity contribution in [2.45, 2.75) is 31.8 Å². The Morgan fingerprint density at radius 1 is 1.21 bits per heavy atom. The van der Waals surface area contributed by atoms with Gasteiger partial charge in [0, 0.05) is 24.7 Å². The van der Waals surface area contributed by atoms with Crippen molar-refractivity contribution in [3.05, 3.63) is 23.8 Å². The molecule has 0 radical (unpaired) electrons. The number of phenols is 2. The topological polar surface area (TPSA) is 46.9 Å². The maximum Gasteiger partial charge on any atom is 0.119 e. The third-order valence-electron chi connectivity index (χ3n) is 4.11. The number of benzene rings is 1. The summed E-state index contributed by atoms with van der Waals surface area (Å²) in [7, 11) is 4.25. The van der Waals surface area contributed by atoms with E-state index in [2.05, 4.69) is 30.8 Å². The van der Waals surface area contributed by atoms with Crippen LogP contribution in [0.15, 0.2) is 18.2 Å². The van der Waals surface area contributed by atoms with E-state index in [0.29, 0.717) is 6.04 Å². The van der Waals surface area contributed by atoms with E-state index in [0.717, 1.165) is 18.7 Å². The average Bonchev–Trinajstić information content (AvgIpc) is 2.37. The standard InChI is InChI=1S/C15H24N2O2/c1-11(12-7-14(18)9-15(19)8-12)17-6-4-5-13(10-17)16(2)3/h7-9,11,13,18-19H,4-6,10H2,1-3H3. The Morgan fingerprint density at radius 2 is 1.84 bits per heavy atom. The summed E-state index contributed by atoms with van der Waals surface area (Å²) in [6.45, 7) is 4.23. The smallest absolute Gasteiger partial charge is 0.119 e. The minimum Gasteiger partial charge on any atom is -0.508 e. The molecule has 1 aromatic rings. The van der Waals surface area contributed by atoms with Gasteiger partial charge in [0.15, 0.2) is 0 Å². The number of nitrogens with zero attached hydrogens (tertiary/aromatic N) is 2. The predicted octanol–water partition coefficient (Wildman–Crippen LogP) is 2.18. The number of likely N-dealkylation sites (N-methyl/N-ethyl adjacent to an activating group) is 1. The van der Waals surface area contributed by atoms with Crippen LogP contribution in [0.1, 0.15) is 31.4 Å². The molecule has 1 aliphatic rings. The van der Waals surface area contributed by atoms with Gasteiger partial charge in [-0.25, -0.2) is 0 Å². The fourth-order valence-electron chi connectivity index (χ4n) is 2.83. The van der Waals surface area contributed by atoms with Crippen LogP contribution < -0.4 is 0 Å². The Balaban J connectivity index is 2.12.